The highest BCUT2D eigenvalue weighted by Gasteiger charge is 2.14. The number of nitrogens with zero attached hydrogens (tertiary/aromatic N) is 1. The van der Waals surface area contributed by atoms with E-state index in [0.29, 0.717) is 17.2 Å². The molecule has 0 saturated heterocycles. The molecule has 0 bridgehead atoms. The average molecular weight is 275 g/mol. The molecule has 0 saturated carbocycles. The van der Waals surface area contributed by atoms with Crippen LogP contribution in [-0.4, -0.2) is 33.4 Å². The molecular formula is C15H17NO4. The summed E-state index contributed by atoms with van der Waals surface area (Å²) in [6, 6.07) is 7.23. The number of rotatable bonds is 5. The van der Waals surface area contributed by atoms with Crippen molar-refractivity contribution >= 4 is 0 Å². The van der Waals surface area contributed by atoms with Gasteiger partial charge in [0.05, 0.1) is 34.1 Å². The van der Waals surface area contributed by atoms with Crippen molar-refractivity contribution in [1.29, 1.82) is 0 Å². The fraction of sp³-hybridized carbons (Fsp3) is 0.267. The standard InChI is InChI=1S/C15H17NO4/c1-17-10-5-6-16-12(7-10)11-8-14(19-3)15(20-4)9-13(11)18-2/h5-9H,1-4H3. The zero-order chi connectivity index (χ0) is 14.5. The van der Waals surface area contributed by atoms with Crippen LogP contribution in [0.25, 0.3) is 11.3 Å². The number of ether oxygens (including phenoxy) is 4. The molecule has 1 aromatic heterocycles. The van der Waals surface area contributed by atoms with Gasteiger partial charge in [0.1, 0.15) is 11.5 Å². The largest absolute Gasteiger partial charge is 0.497 e. The molecule has 0 atom stereocenters. The van der Waals surface area contributed by atoms with Crippen molar-refractivity contribution in [3.05, 3.63) is 30.5 Å². The van der Waals surface area contributed by atoms with Crippen LogP contribution in [0.1, 0.15) is 0 Å². The van der Waals surface area contributed by atoms with Gasteiger partial charge in [-0.1, -0.05) is 0 Å². The van der Waals surface area contributed by atoms with Gasteiger partial charge >= 0.3 is 0 Å². The Bertz CT molecular complexity index is 598. The Morgan fingerprint density at radius 1 is 0.750 bits per heavy atom. The van der Waals surface area contributed by atoms with Crippen molar-refractivity contribution in [1.82, 2.24) is 4.98 Å². The lowest BCUT2D eigenvalue weighted by atomic mass is 10.1. The third kappa shape index (κ3) is 2.61. The molecule has 0 aliphatic rings. The molecule has 0 amide bonds. The highest BCUT2D eigenvalue weighted by atomic mass is 16.5. The van der Waals surface area contributed by atoms with Crippen molar-refractivity contribution in [3.63, 3.8) is 0 Å². The number of benzene rings is 1. The Labute approximate surface area is 118 Å². The van der Waals surface area contributed by atoms with Crippen molar-refractivity contribution < 1.29 is 18.9 Å². The van der Waals surface area contributed by atoms with Gasteiger partial charge in [-0.25, -0.2) is 0 Å². The second-order valence-electron chi connectivity index (χ2n) is 3.99. The van der Waals surface area contributed by atoms with Gasteiger partial charge < -0.3 is 18.9 Å². The number of hydrogen-bond acceptors (Lipinski definition) is 5. The summed E-state index contributed by atoms with van der Waals surface area (Å²) in [5.74, 6) is 2.61. The highest BCUT2D eigenvalue weighted by molar-refractivity contribution is 5.72. The Hall–Kier alpha value is -2.43. The minimum atomic E-state index is 0.607. The Morgan fingerprint density at radius 3 is 2.00 bits per heavy atom. The maximum Gasteiger partial charge on any atom is 0.164 e. The minimum Gasteiger partial charge on any atom is -0.497 e. The highest BCUT2D eigenvalue weighted by Crippen LogP contribution is 2.39. The molecule has 2 aromatic rings. The first-order valence-electron chi connectivity index (χ1n) is 6.04. The zero-order valence-electron chi connectivity index (χ0n) is 12.0. The van der Waals surface area contributed by atoms with Crippen LogP contribution in [0.2, 0.25) is 0 Å². The molecule has 5 heteroatoms. The predicted octanol–water partition coefficient (Wildman–Crippen LogP) is 2.78. The Balaban J connectivity index is 2.59. The van der Waals surface area contributed by atoms with E-state index in [9.17, 15) is 0 Å². The van der Waals surface area contributed by atoms with E-state index in [1.54, 1.807) is 46.8 Å². The molecular weight excluding hydrogens is 258 g/mol. The number of hydrogen-bond donors (Lipinski definition) is 0. The molecule has 0 aliphatic carbocycles. The van der Waals surface area contributed by atoms with Gasteiger partial charge in [-0.05, 0) is 12.1 Å². The summed E-state index contributed by atoms with van der Waals surface area (Å²) in [6.07, 6.45) is 1.68. The molecule has 20 heavy (non-hydrogen) atoms. The maximum absolute atomic E-state index is 5.40. The molecule has 0 fully saturated rings. The molecule has 0 unspecified atom stereocenters. The summed E-state index contributed by atoms with van der Waals surface area (Å²) in [5.41, 5.74) is 1.55. The summed E-state index contributed by atoms with van der Waals surface area (Å²) in [7, 11) is 6.39. The van der Waals surface area contributed by atoms with Gasteiger partial charge in [-0.15, -0.1) is 0 Å². The summed E-state index contributed by atoms with van der Waals surface area (Å²) in [5, 5.41) is 0. The number of methoxy groups -OCH3 is 4. The third-order valence-corrected chi connectivity index (χ3v) is 2.95. The molecule has 1 aromatic carbocycles. The first-order valence-corrected chi connectivity index (χ1v) is 6.04. The van der Waals surface area contributed by atoms with E-state index >= 15 is 0 Å². The lowest BCUT2D eigenvalue weighted by molar-refractivity contribution is 0.349. The molecule has 0 spiro atoms. The van der Waals surface area contributed by atoms with Gasteiger partial charge in [0.25, 0.3) is 0 Å². The molecule has 0 aliphatic heterocycles. The number of aromatic nitrogens is 1. The van der Waals surface area contributed by atoms with Crippen LogP contribution in [0.5, 0.6) is 23.0 Å². The topological polar surface area (TPSA) is 49.8 Å². The first kappa shape index (κ1) is 14.0. The van der Waals surface area contributed by atoms with Crippen LogP contribution in [0.15, 0.2) is 30.5 Å². The Morgan fingerprint density at radius 2 is 1.40 bits per heavy atom. The smallest absolute Gasteiger partial charge is 0.164 e. The third-order valence-electron chi connectivity index (χ3n) is 2.95. The molecule has 5 nitrogen and oxygen atoms in total. The van der Waals surface area contributed by atoms with Gasteiger partial charge in [-0.3, -0.25) is 4.98 Å². The number of pyridine rings is 1. The van der Waals surface area contributed by atoms with Crippen LogP contribution < -0.4 is 18.9 Å². The molecule has 0 N–H and O–H groups in total. The SMILES string of the molecule is COc1ccnc(-c2cc(OC)c(OC)cc2OC)c1. The van der Waals surface area contributed by atoms with E-state index < -0.39 is 0 Å². The van der Waals surface area contributed by atoms with E-state index in [2.05, 4.69) is 4.98 Å². The van der Waals surface area contributed by atoms with Crippen molar-refractivity contribution in [3.8, 4) is 34.3 Å². The van der Waals surface area contributed by atoms with E-state index in [1.165, 1.54) is 0 Å². The average Bonchev–Trinajstić information content (AvgIpc) is 2.53. The lowest BCUT2D eigenvalue weighted by Crippen LogP contribution is -1.96. The van der Waals surface area contributed by atoms with Crippen LogP contribution in [0.3, 0.4) is 0 Å². The van der Waals surface area contributed by atoms with E-state index in [1.807, 2.05) is 12.1 Å². The van der Waals surface area contributed by atoms with Crippen LogP contribution in [0.4, 0.5) is 0 Å². The van der Waals surface area contributed by atoms with E-state index in [4.69, 9.17) is 18.9 Å². The summed E-state index contributed by atoms with van der Waals surface area (Å²) >= 11 is 0. The van der Waals surface area contributed by atoms with Crippen molar-refractivity contribution in [2.75, 3.05) is 28.4 Å². The van der Waals surface area contributed by atoms with Crippen LogP contribution in [-0.2, 0) is 0 Å². The van der Waals surface area contributed by atoms with Crippen LogP contribution in [0, 0.1) is 0 Å². The lowest BCUT2D eigenvalue weighted by Gasteiger charge is -2.14. The van der Waals surface area contributed by atoms with Gasteiger partial charge in [0.2, 0.25) is 0 Å². The fourth-order valence-electron chi connectivity index (χ4n) is 1.91. The van der Waals surface area contributed by atoms with Crippen molar-refractivity contribution in [2.24, 2.45) is 0 Å². The quantitative estimate of drug-likeness (QED) is 0.839. The van der Waals surface area contributed by atoms with Crippen molar-refractivity contribution in [2.45, 2.75) is 0 Å². The minimum absolute atomic E-state index is 0.607. The predicted molar refractivity (Wildman–Crippen MR) is 75.9 cm³/mol. The van der Waals surface area contributed by atoms with E-state index in [-0.39, 0.29) is 0 Å². The van der Waals surface area contributed by atoms with Crippen LogP contribution >= 0.6 is 0 Å². The van der Waals surface area contributed by atoms with Gasteiger partial charge in [-0.2, -0.15) is 0 Å². The zero-order valence-corrected chi connectivity index (χ0v) is 12.0. The maximum atomic E-state index is 5.40. The second-order valence-corrected chi connectivity index (χ2v) is 3.99. The summed E-state index contributed by atoms with van der Waals surface area (Å²) < 4.78 is 21.2. The van der Waals surface area contributed by atoms with Gasteiger partial charge in [0, 0.05) is 23.9 Å². The fourth-order valence-corrected chi connectivity index (χ4v) is 1.91. The Kier molecular flexibility index (Phi) is 4.30. The molecule has 1 heterocycles. The molecule has 2 rings (SSSR count). The monoisotopic (exact) mass is 275 g/mol. The van der Waals surface area contributed by atoms with E-state index in [0.717, 1.165) is 17.0 Å². The van der Waals surface area contributed by atoms with Gasteiger partial charge in [0.15, 0.2) is 11.5 Å². The second kappa shape index (κ2) is 6.14. The summed E-state index contributed by atoms with van der Waals surface area (Å²) in [4.78, 5) is 4.34. The summed E-state index contributed by atoms with van der Waals surface area (Å²) in [6.45, 7) is 0. The normalized spacial score (nSPS) is 10.0. The first-order chi connectivity index (χ1) is 9.73. The molecule has 0 radical (unpaired) electrons. The molecule has 106 valence electrons.